The Bertz CT molecular complexity index is 1960. The molecule has 0 unspecified atom stereocenters. The first-order valence-electron chi connectivity index (χ1n) is 14.0. The third-order valence-electron chi connectivity index (χ3n) is 7.12. The van der Waals surface area contributed by atoms with Gasteiger partial charge in [-0.05, 0) is 63.7 Å². The quantitative estimate of drug-likeness (QED) is 0.211. The van der Waals surface area contributed by atoms with Crippen LogP contribution in [0.1, 0.15) is 55.0 Å². The Labute approximate surface area is 267 Å². The fraction of sp³-hybridized carbons (Fsp3) is 0.235. The van der Waals surface area contributed by atoms with Crippen LogP contribution in [0.4, 0.5) is 0 Å². The van der Waals surface area contributed by atoms with Crippen molar-refractivity contribution in [3.8, 4) is 17.6 Å². The fourth-order valence-electron chi connectivity index (χ4n) is 5.04. The van der Waals surface area contributed by atoms with Gasteiger partial charge in [-0.2, -0.15) is 5.26 Å². The van der Waals surface area contributed by atoms with E-state index in [1.807, 2.05) is 60.7 Å². The second-order valence-electron chi connectivity index (χ2n) is 10.2. The lowest BCUT2D eigenvalue weighted by Gasteiger charge is -2.26. The number of rotatable bonds is 9. The third kappa shape index (κ3) is 6.11. The van der Waals surface area contributed by atoms with Crippen LogP contribution in [0.3, 0.4) is 0 Å². The Hall–Kier alpha value is -4.46. The SMILES string of the molecule is CCOC(=O)C1=C(c2ccccc2)N=c2s/c(=C\c3cc(Br)c(OCC#N)c(OC)c3)c(=O)n2[C@H]1c1ccc(C(C)C)cc1. The number of methoxy groups -OCH3 is 1. The molecule has 0 fully saturated rings. The van der Waals surface area contributed by atoms with Crippen molar-refractivity contribution in [2.75, 3.05) is 20.3 Å². The normalized spacial score (nSPS) is 14.6. The minimum Gasteiger partial charge on any atom is -0.493 e. The van der Waals surface area contributed by atoms with Crippen molar-refractivity contribution >= 4 is 45.0 Å². The zero-order chi connectivity index (χ0) is 31.4. The molecule has 0 N–H and O–H groups in total. The number of nitrogens with zero attached hydrogens (tertiary/aromatic N) is 3. The van der Waals surface area contributed by atoms with Crippen LogP contribution in [0.5, 0.6) is 11.5 Å². The predicted octanol–water partition coefficient (Wildman–Crippen LogP) is 5.73. The van der Waals surface area contributed by atoms with Crippen molar-refractivity contribution < 1.29 is 19.0 Å². The number of benzene rings is 3. The average Bonchev–Trinajstić information content (AvgIpc) is 3.34. The zero-order valence-corrected chi connectivity index (χ0v) is 27.1. The van der Waals surface area contributed by atoms with Gasteiger partial charge in [0.1, 0.15) is 6.07 Å². The van der Waals surface area contributed by atoms with Gasteiger partial charge in [-0.3, -0.25) is 9.36 Å². The van der Waals surface area contributed by atoms with Crippen molar-refractivity contribution in [2.45, 2.75) is 32.7 Å². The molecule has 2 heterocycles. The molecular formula is C34H30BrN3O5S. The molecule has 1 aliphatic rings. The highest BCUT2D eigenvalue weighted by molar-refractivity contribution is 9.10. The molecule has 3 aromatic carbocycles. The Morgan fingerprint density at radius 2 is 1.89 bits per heavy atom. The van der Waals surface area contributed by atoms with Crippen LogP contribution >= 0.6 is 27.3 Å². The molecule has 224 valence electrons. The number of carbonyl (C=O) groups excluding carboxylic acids is 1. The number of aromatic nitrogens is 1. The van der Waals surface area contributed by atoms with Crippen LogP contribution in [0, 0.1) is 11.3 Å². The van der Waals surface area contributed by atoms with E-state index in [1.165, 1.54) is 18.4 Å². The van der Waals surface area contributed by atoms with Crippen LogP contribution in [0.15, 0.2) is 86.6 Å². The van der Waals surface area contributed by atoms with Crippen LogP contribution in [0.2, 0.25) is 0 Å². The molecule has 0 radical (unpaired) electrons. The molecule has 5 rings (SSSR count). The van der Waals surface area contributed by atoms with Gasteiger partial charge in [-0.1, -0.05) is 79.8 Å². The second-order valence-corrected chi connectivity index (χ2v) is 12.1. The highest BCUT2D eigenvalue weighted by atomic mass is 79.9. The van der Waals surface area contributed by atoms with Gasteiger partial charge in [-0.25, -0.2) is 9.79 Å². The van der Waals surface area contributed by atoms with Gasteiger partial charge in [0, 0.05) is 5.56 Å². The standard InChI is InChI=1S/C34H30BrN3O5S/c1-5-42-33(40)28-29(23-9-7-6-8-10-23)37-34-38(30(28)24-13-11-22(12-14-24)20(2)3)32(39)27(44-34)19-21-17-25(35)31(43-16-15-36)26(18-21)41-4/h6-14,17-20,30H,5,16H2,1-4H3/b27-19-/t30-/m0/s1. The Morgan fingerprint density at radius 3 is 2.52 bits per heavy atom. The number of hydrogen-bond acceptors (Lipinski definition) is 8. The summed E-state index contributed by atoms with van der Waals surface area (Å²) in [7, 11) is 1.51. The van der Waals surface area contributed by atoms with Crippen molar-refractivity contribution in [3.63, 3.8) is 0 Å². The van der Waals surface area contributed by atoms with Gasteiger partial charge < -0.3 is 14.2 Å². The molecular weight excluding hydrogens is 642 g/mol. The van der Waals surface area contributed by atoms with E-state index < -0.39 is 12.0 Å². The summed E-state index contributed by atoms with van der Waals surface area (Å²) in [6.45, 7) is 6.03. The lowest BCUT2D eigenvalue weighted by Crippen LogP contribution is -2.40. The molecule has 44 heavy (non-hydrogen) atoms. The molecule has 4 aromatic rings. The van der Waals surface area contributed by atoms with Crippen LogP contribution in [0.25, 0.3) is 11.8 Å². The van der Waals surface area contributed by atoms with Gasteiger partial charge in [-0.15, -0.1) is 0 Å². The van der Waals surface area contributed by atoms with Crippen LogP contribution < -0.4 is 24.4 Å². The first-order chi connectivity index (χ1) is 21.3. The van der Waals surface area contributed by atoms with Crippen molar-refractivity contribution in [1.29, 1.82) is 5.26 Å². The van der Waals surface area contributed by atoms with E-state index in [9.17, 15) is 9.59 Å². The zero-order valence-electron chi connectivity index (χ0n) is 24.7. The summed E-state index contributed by atoms with van der Waals surface area (Å²) in [6, 6.07) is 22.2. The van der Waals surface area contributed by atoms with Crippen LogP contribution in [-0.2, 0) is 9.53 Å². The van der Waals surface area contributed by atoms with E-state index in [1.54, 1.807) is 29.7 Å². The maximum Gasteiger partial charge on any atom is 0.338 e. The average molecular weight is 673 g/mol. The molecule has 1 aliphatic heterocycles. The molecule has 1 aromatic heterocycles. The summed E-state index contributed by atoms with van der Waals surface area (Å²) in [5.74, 6) is 0.597. The molecule has 8 nitrogen and oxygen atoms in total. The number of carbonyl (C=O) groups is 1. The summed E-state index contributed by atoms with van der Waals surface area (Å²) in [6.07, 6.45) is 1.75. The topological polar surface area (TPSA) is 103 Å². The number of nitriles is 1. The van der Waals surface area contributed by atoms with Crippen molar-refractivity contribution in [2.24, 2.45) is 4.99 Å². The molecule has 0 spiro atoms. The van der Waals surface area contributed by atoms with E-state index in [2.05, 4.69) is 29.8 Å². The Balaban J connectivity index is 1.77. The van der Waals surface area contributed by atoms with Crippen LogP contribution in [-0.4, -0.2) is 30.9 Å². The number of esters is 1. The summed E-state index contributed by atoms with van der Waals surface area (Å²) >= 11 is 4.73. The highest BCUT2D eigenvalue weighted by Crippen LogP contribution is 2.38. The highest BCUT2D eigenvalue weighted by Gasteiger charge is 2.35. The Kier molecular flexibility index (Phi) is 9.47. The van der Waals surface area contributed by atoms with E-state index in [-0.39, 0.29) is 18.8 Å². The van der Waals surface area contributed by atoms with E-state index >= 15 is 0 Å². The summed E-state index contributed by atoms with van der Waals surface area (Å²) in [5, 5.41) is 8.94. The first kappa shape index (κ1) is 31.0. The van der Waals surface area contributed by atoms with Gasteiger partial charge in [0.2, 0.25) is 0 Å². The van der Waals surface area contributed by atoms with E-state index in [0.29, 0.717) is 48.1 Å². The predicted molar refractivity (Wildman–Crippen MR) is 173 cm³/mol. The molecule has 0 aliphatic carbocycles. The lowest BCUT2D eigenvalue weighted by atomic mass is 9.91. The van der Waals surface area contributed by atoms with Gasteiger partial charge in [0.15, 0.2) is 22.9 Å². The maximum absolute atomic E-state index is 14.2. The molecule has 10 heteroatoms. The fourth-order valence-corrected chi connectivity index (χ4v) is 6.61. The van der Waals surface area contributed by atoms with Gasteiger partial charge in [0.05, 0.1) is 40.0 Å². The summed E-state index contributed by atoms with van der Waals surface area (Å²) in [4.78, 5) is 33.2. The first-order valence-corrected chi connectivity index (χ1v) is 15.6. The Morgan fingerprint density at radius 1 is 1.16 bits per heavy atom. The maximum atomic E-state index is 14.2. The number of fused-ring (bicyclic) bond motifs is 1. The molecule has 0 bridgehead atoms. The molecule has 0 saturated heterocycles. The second kappa shape index (κ2) is 13.5. The molecule has 0 amide bonds. The largest absolute Gasteiger partial charge is 0.493 e. The minimum absolute atomic E-state index is 0.141. The number of hydrogen-bond donors (Lipinski definition) is 0. The van der Waals surface area contributed by atoms with E-state index in [0.717, 1.165) is 16.7 Å². The minimum atomic E-state index is -0.758. The molecule has 0 saturated carbocycles. The summed E-state index contributed by atoms with van der Waals surface area (Å²) in [5.41, 5.74) is 3.83. The number of thiazole rings is 1. The van der Waals surface area contributed by atoms with Crippen molar-refractivity contribution in [1.82, 2.24) is 4.57 Å². The lowest BCUT2D eigenvalue weighted by molar-refractivity contribution is -0.138. The van der Waals surface area contributed by atoms with Crippen molar-refractivity contribution in [3.05, 3.63) is 119 Å². The number of halogens is 1. The third-order valence-corrected chi connectivity index (χ3v) is 8.70. The van der Waals surface area contributed by atoms with Gasteiger partial charge >= 0.3 is 5.97 Å². The van der Waals surface area contributed by atoms with Gasteiger partial charge in [0.25, 0.3) is 5.56 Å². The molecule has 1 atom stereocenters. The number of ether oxygens (including phenoxy) is 3. The summed E-state index contributed by atoms with van der Waals surface area (Å²) < 4.78 is 19.2. The van der Waals surface area contributed by atoms with E-state index in [4.69, 9.17) is 24.5 Å². The smallest absolute Gasteiger partial charge is 0.338 e. The monoisotopic (exact) mass is 671 g/mol.